The number of imide groups is 1. The lowest BCUT2D eigenvalue weighted by Gasteiger charge is -2.29. The van der Waals surface area contributed by atoms with Crippen molar-refractivity contribution in [3.63, 3.8) is 0 Å². The molecular formula is C27H32N2O5. The molecule has 1 aliphatic heterocycles. The summed E-state index contributed by atoms with van der Waals surface area (Å²) in [5.41, 5.74) is 0.870. The van der Waals surface area contributed by atoms with E-state index in [0.29, 0.717) is 17.5 Å². The zero-order valence-corrected chi connectivity index (χ0v) is 20.3. The van der Waals surface area contributed by atoms with E-state index in [2.05, 4.69) is 5.32 Å². The normalized spacial score (nSPS) is 15.2. The summed E-state index contributed by atoms with van der Waals surface area (Å²) in [5, 5.41) is 2.77. The van der Waals surface area contributed by atoms with Crippen molar-refractivity contribution in [2.75, 3.05) is 0 Å². The monoisotopic (exact) mass is 464 g/mol. The van der Waals surface area contributed by atoms with Crippen molar-refractivity contribution >= 4 is 23.7 Å². The minimum atomic E-state index is -0.841. The van der Waals surface area contributed by atoms with E-state index in [0.717, 1.165) is 5.56 Å². The van der Waals surface area contributed by atoms with Crippen LogP contribution in [0.2, 0.25) is 0 Å². The maximum Gasteiger partial charge on any atom is 0.329 e. The number of nitrogens with zero attached hydrogens (tertiary/aromatic N) is 1. The topological polar surface area (TPSA) is 92.8 Å². The summed E-state index contributed by atoms with van der Waals surface area (Å²) in [5.74, 6) is -1.98. The summed E-state index contributed by atoms with van der Waals surface area (Å²) in [6.45, 7) is 8.94. The highest BCUT2D eigenvalue weighted by atomic mass is 16.6. The van der Waals surface area contributed by atoms with Crippen LogP contribution in [-0.2, 0) is 20.7 Å². The van der Waals surface area contributed by atoms with Gasteiger partial charge < -0.3 is 10.1 Å². The molecule has 2 aromatic carbocycles. The van der Waals surface area contributed by atoms with Crippen LogP contribution in [-0.4, -0.2) is 46.3 Å². The van der Waals surface area contributed by atoms with Gasteiger partial charge in [-0.2, -0.15) is 0 Å². The van der Waals surface area contributed by atoms with Crippen LogP contribution in [0.25, 0.3) is 0 Å². The second kappa shape index (κ2) is 10.2. The first-order chi connectivity index (χ1) is 16.0. The summed E-state index contributed by atoms with van der Waals surface area (Å²) in [6, 6.07) is 14.5. The van der Waals surface area contributed by atoms with Crippen molar-refractivity contribution in [2.24, 2.45) is 5.92 Å². The first kappa shape index (κ1) is 25.1. The number of benzene rings is 2. The van der Waals surface area contributed by atoms with Gasteiger partial charge >= 0.3 is 5.97 Å². The maximum absolute atomic E-state index is 13.1. The Labute approximate surface area is 200 Å². The Morgan fingerprint density at radius 2 is 1.44 bits per heavy atom. The zero-order chi connectivity index (χ0) is 25.0. The molecular weight excluding hydrogens is 432 g/mol. The van der Waals surface area contributed by atoms with Gasteiger partial charge in [0.1, 0.15) is 11.6 Å². The molecule has 0 unspecified atom stereocenters. The third kappa shape index (κ3) is 5.90. The summed E-state index contributed by atoms with van der Waals surface area (Å²) in [6.07, 6.45) is 0.185. The molecule has 1 heterocycles. The van der Waals surface area contributed by atoms with Gasteiger partial charge in [0, 0.05) is 6.42 Å². The van der Waals surface area contributed by atoms with Crippen LogP contribution in [0.3, 0.4) is 0 Å². The van der Waals surface area contributed by atoms with Crippen molar-refractivity contribution in [3.8, 4) is 0 Å². The number of carbonyl (C=O) groups excluding carboxylic acids is 4. The van der Waals surface area contributed by atoms with Gasteiger partial charge in [-0.25, -0.2) is 4.79 Å². The number of hydrogen-bond donors (Lipinski definition) is 1. The Morgan fingerprint density at radius 1 is 0.912 bits per heavy atom. The summed E-state index contributed by atoms with van der Waals surface area (Å²) in [7, 11) is 0. The molecule has 3 rings (SSSR count). The standard InChI is InChI=1S/C27H32N2O5/c1-17(2)23(26(33)34-27(3,4)5)28-22(30)16-19(15-18-11-7-6-8-12-18)29-24(31)20-13-9-10-14-21(20)25(29)32/h6-14,17,19,23H,15-16H2,1-5H3,(H,28,30)/t19-,23-/m0/s1. The first-order valence-electron chi connectivity index (χ1n) is 11.5. The molecule has 34 heavy (non-hydrogen) atoms. The number of hydrogen-bond acceptors (Lipinski definition) is 5. The fourth-order valence-corrected chi connectivity index (χ4v) is 3.99. The smallest absolute Gasteiger partial charge is 0.329 e. The molecule has 0 bridgehead atoms. The molecule has 0 aromatic heterocycles. The van der Waals surface area contributed by atoms with E-state index < -0.39 is 41.4 Å². The highest BCUT2D eigenvalue weighted by molar-refractivity contribution is 6.21. The molecule has 2 atom stereocenters. The molecule has 0 aliphatic carbocycles. The first-order valence-corrected chi connectivity index (χ1v) is 11.5. The van der Waals surface area contributed by atoms with Crippen LogP contribution in [0.15, 0.2) is 54.6 Å². The zero-order valence-electron chi connectivity index (χ0n) is 20.3. The Morgan fingerprint density at radius 3 is 1.94 bits per heavy atom. The van der Waals surface area contributed by atoms with E-state index >= 15 is 0 Å². The molecule has 0 radical (unpaired) electrons. The minimum Gasteiger partial charge on any atom is -0.458 e. The van der Waals surface area contributed by atoms with E-state index in [4.69, 9.17) is 4.74 Å². The predicted molar refractivity (Wildman–Crippen MR) is 128 cm³/mol. The lowest BCUT2D eigenvalue weighted by molar-refractivity contribution is -0.160. The Bertz CT molecular complexity index is 1040. The molecule has 180 valence electrons. The van der Waals surface area contributed by atoms with Crippen LogP contribution >= 0.6 is 0 Å². The second-order valence-electron chi connectivity index (χ2n) is 9.90. The van der Waals surface area contributed by atoms with Gasteiger partial charge in [-0.3, -0.25) is 19.3 Å². The van der Waals surface area contributed by atoms with Gasteiger partial charge in [0.05, 0.1) is 17.2 Å². The van der Waals surface area contributed by atoms with Crippen LogP contribution in [0.1, 0.15) is 67.3 Å². The fourth-order valence-electron chi connectivity index (χ4n) is 3.99. The quantitative estimate of drug-likeness (QED) is 0.474. The minimum absolute atomic E-state index is 0.133. The van der Waals surface area contributed by atoms with Crippen molar-refractivity contribution in [3.05, 3.63) is 71.3 Å². The lowest BCUT2D eigenvalue weighted by atomic mass is 9.99. The number of nitrogens with one attached hydrogen (secondary N) is 1. The molecule has 2 aromatic rings. The molecule has 7 heteroatoms. The molecule has 0 saturated heterocycles. The average molecular weight is 465 g/mol. The second-order valence-corrected chi connectivity index (χ2v) is 9.90. The lowest BCUT2D eigenvalue weighted by Crippen LogP contribution is -2.50. The van der Waals surface area contributed by atoms with Crippen LogP contribution in [0.4, 0.5) is 0 Å². The van der Waals surface area contributed by atoms with E-state index in [9.17, 15) is 19.2 Å². The van der Waals surface area contributed by atoms with Gasteiger partial charge in [-0.05, 0) is 50.8 Å². The van der Waals surface area contributed by atoms with Crippen LogP contribution in [0.5, 0.6) is 0 Å². The van der Waals surface area contributed by atoms with Gasteiger partial charge in [0.25, 0.3) is 11.8 Å². The maximum atomic E-state index is 13.1. The van der Waals surface area contributed by atoms with Crippen molar-refractivity contribution in [2.45, 2.75) is 65.1 Å². The molecule has 1 N–H and O–H groups in total. The van der Waals surface area contributed by atoms with Gasteiger partial charge in [0.15, 0.2) is 0 Å². The molecule has 0 spiro atoms. The molecule has 3 amide bonds. The SMILES string of the molecule is CC(C)[C@H](NC(=O)C[C@H](Cc1ccccc1)N1C(=O)c2ccccc2C1=O)C(=O)OC(C)(C)C. The number of ether oxygens (including phenoxy) is 1. The summed E-state index contributed by atoms with van der Waals surface area (Å²) in [4.78, 5) is 53.2. The molecule has 0 saturated carbocycles. The highest BCUT2D eigenvalue weighted by Gasteiger charge is 2.41. The van der Waals surface area contributed by atoms with Crippen molar-refractivity contribution < 1.29 is 23.9 Å². The van der Waals surface area contributed by atoms with E-state index in [1.165, 1.54) is 4.90 Å². The Hall–Kier alpha value is -3.48. The van der Waals surface area contributed by atoms with E-state index in [1.807, 2.05) is 44.2 Å². The number of fused-ring (bicyclic) bond motifs is 1. The van der Waals surface area contributed by atoms with Gasteiger partial charge in [-0.15, -0.1) is 0 Å². The summed E-state index contributed by atoms with van der Waals surface area (Å²) < 4.78 is 5.47. The predicted octanol–water partition coefficient (Wildman–Crippen LogP) is 3.77. The number of amides is 3. The highest BCUT2D eigenvalue weighted by Crippen LogP contribution is 2.27. The molecule has 0 fully saturated rings. The van der Waals surface area contributed by atoms with Crippen molar-refractivity contribution in [1.29, 1.82) is 0 Å². The fraction of sp³-hybridized carbons (Fsp3) is 0.407. The number of carbonyl (C=O) groups is 4. The van der Waals surface area contributed by atoms with Gasteiger partial charge in [-0.1, -0.05) is 56.3 Å². The Balaban J connectivity index is 1.83. The average Bonchev–Trinajstić information content (AvgIpc) is 3.01. The van der Waals surface area contributed by atoms with Crippen molar-refractivity contribution in [1.82, 2.24) is 10.2 Å². The number of rotatable bonds is 8. The third-order valence-corrected chi connectivity index (χ3v) is 5.57. The molecule has 1 aliphatic rings. The van der Waals surface area contributed by atoms with Crippen LogP contribution in [0, 0.1) is 5.92 Å². The summed E-state index contributed by atoms with van der Waals surface area (Å²) >= 11 is 0. The Kier molecular flexibility index (Phi) is 7.54. The van der Waals surface area contributed by atoms with E-state index in [1.54, 1.807) is 45.0 Å². The number of esters is 1. The van der Waals surface area contributed by atoms with E-state index in [-0.39, 0.29) is 12.3 Å². The van der Waals surface area contributed by atoms with Gasteiger partial charge in [0.2, 0.25) is 5.91 Å². The third-order valence-electron chi connectivity index (χ3n) is 5.57. The van der Waals surface area contributed by atoms with Crippen LogP contribution < -0.4 is 5.32 Å². The largest absolute Gasteiger partial charge is 0.458 e. The molecule has 7 nitrogen and oxygen atoms in total.